The summed E-state index contributed by atoms with van der Waals surface area (Å²) in [6.07, 6.45) is 0. The molecule has 0 aliphatic rings. The van der Waals surface area contributed by atoms with E-state index in [1.165, 1.54) is 43.8 Å². The molecule has 0 saturated carbocycles. The van der Waals surface area contributed by atoms with Crippen molar-refractivity contribution in [3.8, 4) is 5.69 Å². The monoisotopic (exact) mass is 335 g/mol. The minimum absolute atomic E-state index is 0.470. The highest BCUT2D eigenvalue weighted by atomic mass is 15.0. The molecule has 4 aromatic carbocycles. The summed E-state index contributed by atoms with van der Waals surface area (Å²) in [6, 6.07) is 30.6. The van der Waals surface area contributed by atoms with Crippen molar-refractivity contribution in [2.45, 2.75) is 19.8 Å². The van der Waals surface area contributed by atoms with Crippen molar-refractivity contribution in [2.24, 2.45) is 0 Å². The van der Waals surface area contributed by atoms with Gasteiger partial charge in [0.1, 0.15) is 0 Å². The highest BCUT2D eigenvalue weighted by Crippen LogP contribution is 2.40. The zero-order chi connectivity index (χ0) is 17.7. The zero-order valence-corrected chi connectivity index (χ0v) is 15.1. The summed E-state index contributed by atoms with van der Waals surface area (Å²) in [5.41, 5.74) is 5.22. The molecule has 0 unspecified atom stereocenters. The number of hydrogen-bond donors (Lipinski definition) is 0. The van der Waals surface area contributed by atoms with Crippen LogP contribution in [0.25, 0.3) is 38.3 Å². The second-order valence-corrected chi connectivity index (χ2v) is 7.25. The topological polar surface area (TPSA) is 4.93 Å². The number of hydrogen-bond acceptors (Lipinski definition) is 0. The Kier molecular flexibility index (Phi) is 3.36. The summed E-state index contributed by atoms with van der Waals surface area (Å²) in [6.45, 7) is 4.58. The molecular weight excluding hydrogens is 314 g/mol. The molecule has 0 aliphatic heterocycles. The predicted octanol–water partition coefficient (Wildman–Crippen LogP) is 7.06. The quantitative estimate of drug-likeness (QED) is 0.325. The van der Waals surface area contributed by atoms with Crippen LogP contribution in [0.4, 0.5) is 0 Å². The van der Waals surface area contributed by atoms with E-state index >= 15 is 0 Å². The number of aromatic nitrogens is 1. The molecule has 1 nitrogen and oxygen atoms in total. The Labute approximate surface area is 153 Å². The van der Waals surface area contributed by atoms with Crippen LogP contribution in [0.1, 0.15) is 25.3 Å². The van der Waals surface area contributed by atoms with Gasteiger partial charge in [-0.05, 0) is 35.1 Å². The van der Waals surface area contributed by atoms with Gasteiger partial charge in [0.05, 0.1) is 11.0 Å². The van der Waals surface area contributed by atoms with Gasteiger partial charge in [-0.3, -0.25) is 0 Å². The molecule has 1 aromatic heterocycles. The van der Waals surface area contributed by atoms with Crippen molar-refractivity contribution in [3.05, 3.63) is 90.5 Å². The Morgan fingerprint density at radius 2 is 1.35 bits per heavy atom. The van der Waals surface area contributed by atoms with Crippen LogP contribution in [0.3, 0.4) is 0 Å². The molecule has 126 valence electrons. The molecule has 0 aliphatic carbocycles. The third-order valence-electron chi connectivity index (χ3n) is 5.33. The van der Waals surface area contributed by atoms with E-state index in [1.807, 2.05) is 0 Å². The minimum Gasteiger partial charge on any atom is -0.309 e. The van der Waals surface area contributed by atoms with E-state index in [1.54, 1.807) is 0 Å². The Balaban J connectivity index is 2.12. The third-order valence-corrected chi connectivity index (χ3v) is 5.33. The first-order valence-corrected chi connectivity index (χ1v) is 9.26. The van der Waals surface area contributed by atoms with Gasteiger partial charge < -0.3 is 4.57 Å². The number of benzene rings is 4. The van der Waals surface area contributed by atoms with Crippen LogP contribution < -0.4 is 0 Å². The van der Waals surface area contributed by atoms with Crippen LogP contribution >= 0.6 is 0 Å². The molecule has 0 spiro atoms. The Bertz CT molecular complexity index is 1240. The molecule has 0 radical (unpaired) electrons. The maximum Gasteiger partial charge on any atom is 0.0622 e. The minimum atomic E-state index is 0.470. The van der Waals surface area contributed by atoms with Crippen LogP contribution in [-0.4, -0.2) is 4.57 Å². The number of para-hydroxylation sites is 2. The van der Waals surface area contributed by atoms with E-state index in [4.69, 9.17) is 0 Å². The largest absolute Gasteiger partial charge is 0.309 e. The molecule has 0 bridgehead atoms. The van der Waals surface area contributed by atoms with E-state index in [9.17, 15) is 0 Å². The molecule has 1 heteroatoms. The molecule has 0 amide bonds. The summed E-state index contributed by atoms with van der Waals surface area (Å²) in [4.78, 5) is 0. The predicted molar refractivity (Wildman–Crippen MR) is 112 cm³/mol. The molecule has 5 aromatic rings. The smallest absolute Gasteiger partial charge is 0.0622 e. The van der Waals surface area contributed by atoms with Gasteiger partial charge in [0.2, 0.25) is 0 Å². The van der Waals surface area contributed by atoms with Crippen LogP contribution in [0.2, 0.25) is 0 Å². The average Bonchev–Trinajstić information content (AvgIpc) is 3.03. The zero-order valence-electron chi connectivity index (χ0n) is 15.1. The second kappa shape index (κ2) is 5.74. The lowest BCUT2D eigenvalue weighted by molar-refractivity contribution is 0.878. The van der Waals surface area contributed by atoms with Gasteiger partial charge >= 0.3 is 0 Å². The normalized spacial score (nSPS) is 11.8. The van der Waals surface area contributed by atoms with Crippen molar-refractivity contribution in [1.82, 2.24) is 4.57 Å². The average molecular weight is 335 g/mol. The van der Waals surface area contributed by atoms with Gasteiger partial charge in [0, 0.05) is 21.8 Å². The van der Waals surface area contributed by atoms with E-state index in [0.29, 0.717) is 5.92 Å². The molecule has 1 heterocycles. The molecule has 0 saturated heterocycles. The molecule has 26 heavy (non-hydrogen) atoms. The summed E-state index contributed by atoms with van der Waals surface area (Å²) in [5.74, 6) is 0.470. The third kappa shape index (κ3) is 2.10. The van der Waals surface area contributed by atoms with Gasteiger partial charge in [-0.2, -0.15) is 0 Å². The second-order valence-electron chi connectivity index (χ2n) is 7.25. The fraction of sp³-hybridized carbons (Fsp3) is 0.120. The number of fused-ring (bicyclic) bond motifs is 5. The number of nitrogens with zero attached hydrogens (tertiary/aromatic N) is 1. The molecular formula is C25H21N. The van der Waals surface area contributed by atoms with E-state index < -0.39 is 0 Å². The summed E-state index contributed by atoms with van der Waals surface area (Å²) in [5, 5.41) is 5.34. The summed E-state index contributed by atoms with van der Waals surface area (Å²) < 4.78 is 2.43. The van der Waals surface area contributed by atoms with E-state index in [0.717, 1.165) is 0 Å². The van der Waals surface area contributed by atoms with Crippen molar-refractivity contribution in [3.63, 3.8) is 0 Å². The first kappa shape index (κ1) is 15.2. The maximum atomic E-state index is 2.43. The SMILES string of the molecule is CC(C)c1cc2ccccc2c2c1c1ccccc1n2-c1ccccc1. The van der Waals surface area contributed by atoms with Gasteiger partial charge in [0.25, 0.3) is 0 Å². The molecule has 5 rings (SSSR count). The van der Waals surface area contributed by atoms with Gasteiger partial charge in [-0.1, -0.05) is 80.6 Å². The molecule has 0 N–H and O–H groups in total. The highest BCUT2D eigenvalue weighted by molar-refractivity contribution is 6.20. The lowest BCUT2D eigenvalue weighted by atomic mass is 9.93. The van der Waals surface area contributed by atoms with Crippen LogP contribution in [0.5, 0.6) is 0 Å². The Hall–Kier alpha value is -3.06. The number of rotatable bonds is 2. The lowest BCUT2D eigenvalue weighted by Gasteiger charge is -2.13. The Morgan fingerprint density at radius 3 is 2.12 bits per heavy atom. The van der Waals surface area contributed by atoms with Crippen LogP contribution in [0.15, 0.2) is 84.9 Å². The summed E-state index contributed by atoms with van der Waals surface area (Å²) >= 11 is 0. The molecule has 0 atom stereocenters. The summed E-state index contributed by atoms with van der Waals surface area (Å²) in [7, 11) is 0. The van der Waals surface area contributed by atoms with E-state index in [2.05, 4.69) is 103 Å². The van der Waals surface area contributed by atoms with Gasteiger partial charge in [0.15, 0.2) is 0 Å². The van der Waals surface area contributed by atoms with Crippen LogP contribution in [-0.2, 0) is 0 Å². The maximum absolute atomic E-state index is 2.43. The fourth-order valence-electron chi connectivity index (χ4n) is 4.17. The van der Waals surface area contributed by atoms with Crippen molar-refractivity contribution in [1.29, 1.82) is 0 Å². The van der Waals surface area contributed by atoms with Gasteiger partial charge in [-0.15, -0.1) is 0 Å². The van der Waals surface area contributed by atoms with Crippen molar-refractivity contribution >= 4 is 32.6 Å². The van der Waals surface area contributed by atoms with E-state index in [-0.39, 0.29) is 0 Å². The highest BCUT2D eigenvalue weighted by Gasteiger charge is 2.19. The first-order chi connectivity index (χ1) is 12.8. The Morgan fingerprint density at radius 1 is 0.692 bits per heavy atom. The van der Waals surface area contributed by atoms with Crippen LogP contribution in [0, 0.1) is 0 Å². The van der Waals surface area contributed by atoms with Crippen molar-refractivity contribution in [2.75, 3.05) is 0 Å². The standard InChI is InChI=1S/C25H21N/c1-17(2)22-16-18-10-6-7-13-20(18)25-24(22)21-14-8-9-15-23(21)26(25)19-11-4-3-5-12-19/h3-17H,1-2H3. The first-order valence-electron chi connectivity index (χ1n) is 9.26. The molecule has 0 fully saturated rings. The lowest BCUT2D eigenvalue weighted by Crippen LogP contribution is -1.95. The van der Waals surface area contributed by atoms with Crippen molar-refractivity contribution < 1.29 is 0 Å². The fourth-order valence-corrected chi connectivity index (χ4v) is 4.17. The van der Waals surface area contributed by atoms with Gasteiger partial charge in [-0.25, -0.2) is 0 Å².